The Hall–Kier alpha value is -2.29. The quantitative estimate of drug-likeness (QED) is 0.855. The molecule has 23 heavy (non-hydrogen) atoms. The van der Waals surface area contributed by atoms with Crippen molar-refractivity contribution in [1.29, 1.82) is 0 Å². The smallest absolute Gasteiger partial charge is 0.405 e. The molecule has 0 saturated heterocycles. The van der Waals surface area contributed by atoms with Crippen LogP contribution < -0.4 is 5.32 Å². The molecule has 3 heteroatoms. The van der Waals surface area contributed by atoms with Crippen molar-refractivity contribution in [1.82, 2.24) is 5.32 Å². The van der Waals surface area contributed by atoms with Gasteiger partial charge in [0.1, 0.15) is 0 Å². The molecule has 3 rings (SSSR count). The second-order valence-corrected chi connectivity index (χ2v) is 7.01. The van der Waals surface area contributed by atoms with Crippen molar-refractivity contribution in [2.24, 2.45) is 5.41 Å². The third-order valence-corrected chi connectivity index (χ3v) is 4.84. The van der Waals surface area contributed by atoms with Crippen LogP contribution in [0.15, 0.2) is 42.5 Å². The number of fused-ring (bicyclic) bond motifs is 1. The van der Waals surface area contributed by atoms with Crippen LogP contribution in [0.4, 0.5) is 4.79 Å². The number of benzene rings is 2. The highest BCUT2D eigenvalue weighted by atomic mass is 16.4. The summed E-state index contributed by atoms with van der Waals surface area (Å²) in [5.41, 5.74) is 5.97. The van der Waals surface area contributed by atoms with E-state index in [1.165, 1.54) is 22.3 Å². The Morgan fingerprint density at radius 1 is 1.17 bits per heavy atom. The van der Waals surface area contributed by atoms with E-state index in [-0.39, 0.29) is 11.5 Å². The van der Waals surface area contributed by atoms with Crippen LogP contribution in [-0.4, -0.2) is 11.2 Å². The lowest BCUT2D eigenvalue weighted by molar-refractivity contribution is 0.175. The van der Waals surface area contributed by atoms with Crippen LogP contribution in [0.5, 0.6) is 0 Å². The minimum atomic E-state index is -0.963. The van der Waals surface area contributed by atoms with Gasteiger partial charge in [0.25, 0.3) is 0 Å². The van der Waals surface area contributed by atoms with E-state index in [2.05, 4.69) is 68.6 Å². The third-order valence-electron chi connectivity index (χ3n) is 4.84. The Kier molecular flexibility index (Phi) is 3.88. The number of nitrogens with one attached hydrogen (secondary N) is 1. The van der Waals surface area contributed by atoms with Crippen LogP contribution in [0, 0.1) is 5.41 Å². The predicted molar refractivity (Wildman–Crippen MR) is 92.6 cm³/mol. The van der Waals surface area contributed by atoms with Gasteiger partial charge in [-0.15, -0.1) is 0 Å². The molecule has 120 valence electrons. The van der Waals surface area contributed by atoms with E-state index in [1.807, 2.05) is 0 Å². The molecule has 1 amide bonds. The maximum absolute atomic E-state index is 11.1. The number of hydrogen-bond donors (Lipinski definition) is 2. The van der Waals surface area contributed by atoms with Gasteiger partial charge in [0.05, 0.1) is 6.04 Å². The molecule has 3 nitrogen and oxygen atoms in total. The Labute approximate surface area is 137 Å². The van der Waals surface area contributed by atoms with Crippen molar-refractivity contribution in [3.8, 4) is 11.1 Å². The highest BCUT2D eigenvalue weighted by Crippen LogP contribution is 2.46. The standard InChI is InChI=1S/C20H23NO2/c1-4-13-5-7-14(8-6-13)15-9-10-17-16(11-15)12-20(2,3)18(17)21-19(22)23/h5-11,18,21H,4,12H2,1-3H3,(H,22,23). The molecule has 1 atom stereocenters. The van der Waals surface area contributed by atoms with Gasteiger partial charge >= 0.3 is 6.09 Å². The first-order valence-electron chi connectivity index (χ1n) is 8.12. The van der Waals surface area contributed by atoms with E-state index in [0.717, 1.165) is 18.4 Å². The number of hydrogen-bond acceptors (Lipinski definition) is 1. The second kappa shape index (κ2) is 5.73. The van der Waals surface area contributed by atoms with E-state index in [0.29, 0.717) is 0 Å². The molecule has 1 aliphatic carbocycles. The van der Waals surface area contributed by atoms with E-state index in [1.54, 1.807) is 0 Å². The van der Waals surface area contributed by atoms with Crippen LogP contribution in [0.25, 0.3) is 11.1 Å². The van der Waals surface area contributed by atoms with Crippen LogP contribution in [0.3, 0.4) is 0 Å². The summed E-state index contributed by atoms with van der Waals surface area (Å²) in [5, 5.41) is 11.8. The lowest BCUT2D eigenvalue weighted by Gasteiger charge is -2.27. The maximum Gasteiger partial charge on any atom is 0.405 e. The summed E-state index contributed by atoms with van der Waals surface area (Å²) in [6, 6.07) is 14.9. The highest BCUT2D eigenvalue weighted by molar-refractivity contribution is 5.68. The topological polar surface area (TPSA) is 49.3 Å². The van der Waals surface area contributed by atoms with Gasteiger partial charge < -0.3 is 10.4 Å². The van der Waals surface area contributed by atoms with Crippen LogP contribution in [-0.2, 0) is 12.8 Å². The van der Waals surface area contributed by atoms with Gasteiger partial charge in [-0.05, 0) is 46.1 Å². The summed E-state index contributed by atoms with van der Waals surface area (Å²) in [6.45, 7) is 6.38. The monoisotopic (exact) mass is 309 g/mol. The summed E-state index contributed by atoms with van der Waals surface area (Å²) in [7, 11) is 0. The fraction of sp³-hybridized carbons (Fsp3) is 0.350. The lowest BCUT2D eigenvalue weighted by atomic mass is 9.85. The minimum Gasteiger partial charge on any atom is -0.465 e. The number of carbonyl (C=O) groups is 1. The Bertz CT molecular complexity index is 732. The van der Waals surface area contributed by atoms with E-state index in [4.69, 9.17) is 5.11 Å². The summed E-state index contributed by atoms with van der Waals surface area (Å²) in [6.07, 6.45) is 0.963. The van der Waals surface area contributed by atoms with Crippen molar-refractivity contribution < 1.29 is 9.90 Å². The predicted octanol–water partition coefficient (Wildman–Crippen LogP) is 4.81. The molecular weight excluding hydrogens is 286 g/mol. The Balaban J connectivity index is 1.96. The minimum absolute atomic E-state index is 0.106. The van der Waals surface area contributed by atoms with Crippen molar-refractivity contribution in [2.45, 2.75) is 39.7 Å². The van der Waals surface area contributed by atoms with Gasteiger partial charge in [0.15, 0.2) is 0 Å². The zero-order chi connectivity index (χ0) is 16.6. The molecule has 0 aromatic heterocycles. The summed E-state index contributed by atoms with van der Waals surface area (Å²) in [5.74, 6) is 0. The summed E-state index contributed by atoms with van der Waals surface area (Å²) < 4.78 is 0. The SMILES string of the molecule is CCc1ccc(-c2ccc3c(c2)CC(C)(C)C3NC(=O)O)cc1. The zero-order valence-electron chi connectivity index (χ0n) is 13.9. The molecular formula is C20H23NO2. The number of carboxylic acid groups (broad SMARTS) is 1. The molecule has 0 bridgehead atoms. The zero-order valence-corrected chi connectivity index (χ0v) is 13.9. The molecule has 0 aliphatic heterocycles. The van der Waals surface area contributed by atoms with E-state index >= 15 is 0 Å². The Morgan fingerprint density at radius 2 is 1.83 bits per heavy atom. The highest BCUT2D eigenvalue weighted by Gasteiger charge is 2.39. The van der Waals surface area contributed by atoms with Crippen LogP contribution in [0.1, 0.15) is 43.5 Å². The summed E-state index contributed by atoms with van der Waals surface area (Å²) in [4.78, 5) is 11.1. The fourth-order valence-corrected chi connectivity index (χ4v) is 3.56. The summed E-state index contributed by atoms with van der Waals surface area (Å²) >= 11 is 0. The average Bonchev–Trinajstić information content (AvgIpc) is 2.76. The van der Waals surface area contributed by atoms with Crippen molar-refractivity contribution >= 4 is 6.09 Å². The van der Waals surface area contributed by atoms with E-state index < -0.39 is 6.09 Å². The third kappa shape index (κ3) is 2.96. The largest absolute Gasteiger partial charge is 0.465 e. The molecule has 0 saturated carbocycles. The molecule has 1 unspecified atom stereocenters. The molecule has 0 spiro atoms. The number of amides is 1. The Morgan fingerprint density at radius 3 is 2.43 bits per heavy atom. The molecule has 2 aromatic carbocycles. The van der Waals surface area contributed by atoms with Gasteiger partial charge in [-0.3, -0.25) is 0 Å². The second-order valence-electron chi connectivity index (χ2n) is 7.01. The lowest BCUT2D eigenvalue weighted by Crippen LogP contribution is -2.34. The molecule has 0 heterocycles. The van der Waals surface area contributed by atoms with Crippen molar-refractivity contribution in [2.75, 3.05) is 0 Å². The van der Waals surface area contributed by atoms with Gasteiger partial charge in [-0.1, -0.05) is 63.2 Å². The average molecular weight is 309 g/mol. The fourth-order valence-electron chi connectivity index (χ4n) is 3.56. The van der Waals surface area contributed by atoms with Gasteiger partial charge in [-0.2, -0.15) is 0 Å². The molecule has 2 aromatic rings. The van der Waals surface area contributed by atoms with Gasteiger partial charge in [-0.25, -0.2) is 4.79 Å². The molecule has 0 fully saturated rings. The van der Waals surface area contributed by atoms with Gasteiger partial charge in [0, 0.05) is 0 Å². The van der Waals surface area contributed by atoms with Crippen molar-refractivity contribution in [3.63, 3.8) is 0 Å². The first-order valence-corrected chi connectivity index (χ1v) is 8.12. The van der Waals surface area contributed by atoms with Gasteiger partial charge in [0.2, 0.25) is 0 Å². The van der Waals surface area contributed by atoms with Crippen LogP contribution in [0.2, 0.25) is 0 Å². The van der Waals surface area contributed by atoms with E-state index in [9.17, 15) is 4.79 Å². The molecule has 2 N–H and O–H groups in total. The number of aryl methyl sites for hydroxylation is 1. The first kappa shape index (κ1) is 15.6. The molecule has 1 aliphatic rings. The van der Waals surface area contributed by atoms with Crippen LogP contribution >= 0.6 is 0 Å². The van der Waals surface area contributed by atoms with Crippen molar-refractivity contribution in [3.05, 3.63) is 59.2 Å². The molecule has 0 radical (unpaired) electrons. The maximum atomic E-state index is 11.1. The first-order chi connectivity index (χ1) is 10.9. The number of rotatable bonds is 3. The normalized spacial score (nSPS) is 18.5.